The lowest BCUT2D eigenvalue weighted by Gasteiger charge is -2.29. The average molecular weight is 240 g/mol. The van der Waals surface area contributed by atoms with E-state index in [9.17, 15) is 0 Å². The summed E-state index contributed by atoms with van der Waals surface area (Å²) in [6.07, 6.45) is 0. The van der Waals surface area contributed by atoms with Crippen LogP contribution < -0.4 is 15.4 Å². The normalized spacial score (nSPS) is 17.3. The van der Waals surface area contributed by atoms with Crippen molar-refractivity contribution >= 4 is 11.4 Å². The van der Waals surface area contributed by atoms with Crippen LogP contribution in [0.25, 0.3) is 0 Å². The lowest BCUT2D eigenvalue weighted by atomic mass is 10.0. The predicted molar refractivity (Wildman–Crippen MR) is 74.3 cm³/mol. The van der Waals surface area contributed by atoms with Crippen molar-refractivity contribution in [2.45, 2.75) is 6.04 Å². The molecule has 2 N–H and O–H groups in total. The molecule has 0 amide bonds. The van der Waals surface area contributed by atoms with E-state index < -0.39 is 0 Å². The van der Waals surface area contributed by atoms with Crippen LogP contribution in [-0.2, 0) is 0 Å². The van der Waals surface area contributed by atoms with Gasteiger partial charge in [0.05, 0.1) is 24.5 Å². The fourth-order valence-electron chi connectivity index (χ4n) is 2.26. The van der Waals surface area contributed by atoms with Crippen LogP contribution >= 0.6 is 0 Å². The molecule has 1 unspecified atom stereocenters. The number of hydrogen-bond acceptors (Lipinski definition) is 3. The van der Waals surface area contributed by atoms with Gasteiger partial charge in [-0.25, -0.2) is 0 Å². The minimum Gasteiger partial charge on any atom is -0.497 e. The molecule has 92 valence electrons. The van der Waals surface area contributed by atoms with E-state index in [-0.39, 0.29) is 0 Å². The third-order valence-electron chi connectivity index (χ3n) is 3.26. The molecular formula is C15H16N2O. The van der Waals surface area contributed by atoms with Crippen LogP contribution in [0.1, 0.15) is 11.6 Å². The van der Waals surface area contributed by atoms with E-state index in [2.05, 4.69) is 41.0 Å². The van der Waals surface area contributed by atoms with Crippen molar-refractivity contribution in [3.05, 3.63) is 54.1 Å². The predicted octanol–water partition coefficient (Wildman–Crippen LogP) is 3.27. The van der Waals surface area contributed by atoms with Gasteiger partial charge in [0.15, 0.2) is 0 Å². The molecule has 0 fully saturated rings. The van der Waals surface area contributed by atoms with Gasteiger partial charge in [-0.15, -0.1) is 0 Å². The number of anilines is 2. The summed E-state index contributed by atoms with van der Waals surface area (Å²) in [4.78, 5) is 0. The summed E-state index contributed by atoms with van der Waals surface area (Å²) < 4.78 is 5.22. The summed E-state index contributed by atoms with van der Waals surface area (Å²) >= 11 is 0. The van der Waals surface area contributed by atoms with Crippen LogP contribution in [-0.4, -0.2) is 13.7 Å². The topological polar surface area (TPSA) is 33.3 Å². The molecule has 1 aliphatic rings. The molecule has 3 nitrogen and oxygen atoms in total. The average Bonchev–Trinajstić information content (AvgIpc) is 2.47. The number of methoxy groups -OCH3 is 1. The largest absolute Gasteiger partial charge is 0.497 e. The number of nitrogens with one attached hydrogen (secondary N) is 2. The molecule has 2 aromatic carbocycles. The molecule has 0 spiro atoms. The Balaban J connectivity index is 1.85. The van der Waals surface area contributed by atoms with E-state index >= 15 is 0 Å². The molecule has 0 aromatic heterocycles. The molecule has 0 aliphatic carbocycles. The summed E-state index contributed by atoms with van der Waals surface area (Å²) in [6, 6.07) is 16.8. The van der Waals surface area contributed by atoms with Crippen molar-refractivity contribution in [2.24, 2.45) is 0 Å². The van der Waals surface area contributed by atoms with E-state index in [0.29, 0.717) is 6.04 Å². The summed E-state index contributed by atoms with van der Waals surface area (Å²) in [5.41, 5.74) is 3.52. The first kappa shape index (κ1) is 11.0. The SMILES string of the molecule is COc1ccc2c(c1)NCC(c1ccccc1)N2. The number of benzene rings is 2. The van der Waals surface area contributed by atoms with Crippen LogP contribution in [0.3, 0.4) is 0 Å². The first-order chi connectivity index (χ1) is 8.86. The Morgan fingerprint density at radius 3 is 2.67 bits per heavy atom. The fourth-order valence-corrected chi connectivity index (χ4v) is 2.26. The highest BCUT2D eigenvalue weighted by Gasteiger charge is 2.18. The van der Waals surface area contributed by atoms with E-state index in [4.69, 9.17) is 4.74 Å². The number of fused-ring (bicyclic) bond motifs is 1. The Bertz CT molecular complexity index is 539. The minimum absolute atomic E-state index is 0.312. The second-order valence-corrected chi connectivity index (χ2v) is 4.40. The van der Waals surface area contributed by atoms with Gasteiger partial charge in [-0.2, -0.15) is 0 Å². The van der Waals surface area contributed by atoms with Gasteiger partial charge < -0.3 is 15.4 Å². The smallest absolute Gasteiger partial charge is 0.121 e. The highest BCUT2D eigenvalue weighted by molar-refractivity contribution is 5.73. The Kier molecular flexibility index (Phi) is 2.81. The summed E-state index contributed by atoms with van der Waals surface area (Å²) in [5.74, 6) is 0.876. The molecule has 3 rings (SSSR count). The van der Waals surface area contributed by atoms with Gasteiger partial charge in [0, 0.05) is 12.6 Å². The third kappa shape index (κ3) is 1.99. The van der Waals surface area contributed by atoms with Crippen LogP contribution in [0.15, 0.2) is 48.5 Å². The molecule has 0 saturated carbocycles. The first-order valence-electron chi connectivity index (χ1n) is 6.10. The minimum atomic E-state index is 0.312. The van der Waals surface area contributed by atoms with Crippen LogP contribution in [0.4, 0.5) is 11.4 Å². The van der Waals surface area contributed by atoms with Crippen molar-refractivity contribution < 1.29 is 4.74 Å². The van der Waals surface area contributed by atoms with Crippen LogP contribution in [0, 0.1) is 0 Å². The molecule has 0 radical (unpaired) electrons. The third-order valence-corrected chi connectivity index (χ3v) is 3.26. The van der Waals surface area contributed by atoms with Crippen molar-refractivity contribution in [1.29, 1.82) is 0 Å². The van der Waals surface area contributed by atoms with Gasteiger partial charge in [-0.05, 0) is 17.7 Å². The first-order valence-corrected chi connectivity index (χ1v) is 6.10. The zero-order valence-corrected chi connectivity index (χ0v) is 10.3. The maximum atomic E-state index is 5.22. The lowest BCUT2D eigenvalue weighted by Crippen LogP contribution is -2.25. The van der Waals surface area contributed by atoms with Gasteiger partial charge in [-0.1, -0.05) is 30.3 Å². The Labute approximate surface area is 107 Å². The van der Waals surface area contributed by atoms with E-state index in [1.165, 1.54) is 5.56 Å². The molecule has 1 heterocycles. The maximum absolute atomic E-state index is 5.22. The molecule has 2 aromatic rings. The van der Waals surface area contributed by atoms with E-state index in [0.717, 1.165) is 23.7 Å². The van der Waals surface area contributed by atoms with Crippen molar-refractivity contribution in [3.8, 4) is 5.75 Å². The zero-order valence-electron chi connectivity index (χ0n) is 10.3. The molecule has 18 heavy (non-hydrogen) atoms. The van der Waals surface area contributed by atoms with Crippen molar-refractivity contribution in [1.82, 2.24) is 0 Å². The summed E-state index contributed by atoms with van der Waals surface area (Å²) in [6.45, 7) is 0.879. The number of rotatable bonds is 2. The molecule has 3 heteroatoms. The number of ether oxygens (including phenoxy) is 1. The molecule has 1 aliphatic heterocycles. The molecule has 0 saturated heterocycles. The van der Waals surface area contributed by atoms with Crippen molar-refractivity contribution in [3.63, 3.8) is 0 Å². The molecule has 1 atom stereocenters. The van der Waals surface area contributed by atoms with E-state index in [1.807, 2.05) is 18.2 Å². The van der Waals surface area contributed by atoms with Gasteiger partial charge >= 0.3 is 0 Å². The van der Waals surface area contributed by atoms with E-state index in [1.54, 1.807) is 7.11 Å². The fraction of sp³-hybridized carbons (Fsp3) is 0.200. The Morgan fingerprint density at radius 1 is 1.06 bits per heavy atom. The van der Waals surface area contributed by atoms with Crippen LogP contribution in [0.5, 0.6) is 5.75 Å². The van der Waals surface area contributed by atoms with Gasteiger partial charge in [0.25, 0.3) is 0 Å². The van der Waals surface area contributed by atoms with Crippen LogP contribution in [0.2, 0.25) is 0 Å². The second kappa shape index (κ2) is 4.61. The Morgan fingerprint density at radius 2 is 1.89 bits per heavy atom. The van der Waals surface area contributed by atoms with Crippen molar-refractivity contribution in [2.75, 3.05) is 24.3 Å². The summed E-state index contributed by atoms with van der Waals surface area (Å²) in [7, 11) is 1.69. The number of hydrogen-bond donors (Lipinski definition) is 2. The highest BCUT2D eigenvalue weighted by Crippen LogP contribution is 2.33. The lowest BCUT2D eigenvalue weighted by molar-refractivity contribution is 0.415. The molecular weight excluding hydrogens is 224 g/mol. The standard InChI is InChI=1S/C15H16N2O/c1-18-12-7-8-13-14(9-12)16-10-15(17-13)11-5-3-2-4-6-11/h2-9,15-17H,10H2,1H3. The van der Waals surface area contributed by atoms with Gasteiger partial charge in [0.1, 0.15) is 5.75 Å². The van der Waals surface area contributed by atoms with Gasteiger partial charge in [0.2, 0.25) is 0 Å². The maximum Gasteiger partial charge on any atom is 0.121 e. The highest BCUT2D eigenvalue weighted by atomic mass is 16.5. The van der Waals surface area contributed by atoms with Gasteiger partial charge in [-0.3, -0.25) is 0 Å². The summed E-state index contributed by atoms with van der Waals surface area (Å²) in [5, 5.41) is 6.99. The monoisotopic (exact) mass is 240 g/mol. The second-order valence-electron chi connectivity index (χ2n) is 4.40. The molecule has 0 bridgehead atoms. The zero-order chi connectivity index (χ0) is 12.4. The Hall–Kier alpha value is -2.16. The quantitative estimate of drug-likeness (QED) is 0.845.